The first-order valence-corrected chi connectivity index (χ1v) is 4.86. The Bertz CT molecular complexity index is 219. The van der Waals surface area contributed by atoms with Crippen LogP contribution >= 0.6 is 0 Å². The number of primary amides is 1. The van der Waals surface area contributed by atoms with E-state index in [0.29, 0.717) is 0 Å². The highest BCUT2D eigenvalue weighted by molar-refractivity contribution is 7.90. The number of sulfone groups is 1. The Morgan fingerprint density at radius 1 is 1.60 bits per heavy atom. The molecule has 0 radical (unpaired) electrons. The van der Waals surface area contributed by atoms with Crippen LogP contribution in [0.2, 0.25) is 0 Å². The Balaban J connectivity index is 4.06. The van der Waals surface area contributed by atoms with Crippen molar-refractivity contribution in [2.75, 3.05) is 12.0 Å². The van der Waals surface area contributed by atoms with Gasteiger partial charge in [0.2, 0.25) is 5.91 Å². The lowest BCUT2D eigenvalue weighted by atomic mass is 10.2. The molecule has 5 heteroatoms. The zero-order valence-electron chi connectivity index (χ0n) is 5.99. The second-order valence-corrected chi connectivity index (χ2v) is 4.58. The van der Waals surface area contributed by atoms with Crippen molar-refractivity contribution in [2.24, 2.45) is 11.7 Å². The van der Waals surface area contributed by atoms with Crippen molar-refractivity contribution in [3.63, 3.8) is 0 Å². The van der Waals surface area contributed by atoms with E-state index in [4.69, 9.17) is 5.73 Å². The summed E-state index contributed by atoms with van der Waals surface area (Å²) in [5.74, 6) is -1.33. The SMILES string of the molecule is CC(CS(C)(=O)=O)C(N)=O. The topological polar surface area (TPSA) is 77.2 Å². The summed E-state index contributed by atoms with van der Waals surface area (Å²) in [7, 11) is -3.07. The summed E-state index contributed by atoms with van der Waals surface area (Å²) < 4.78 is 21.1. The van der Waals surface area contributed by atoms with Crippen LogP contribution in [0.3, 0.4) is 0 Å². The number of hydrogen-bond acceptors (Lipinski definition) is 3. The molecule has 10 heavy (non-hydrogen) atoms. The molecule has 0 aromatic heterocycles. The van der Waals surface area contributed by atoms with E-state index in [9.17, 15) is 13.2 Å². The van der Waals surface area contributed by atoms with Crippen LogP contribution in [0, 0.1) is 5.92 Å². The van der Waals surface area contributed by atoms with Gasteiger partial charge < -0.3 is 5.73 Å². The minimum Gasteiger partial charge on any atom is -0.369 e. The lowest BCUT2D eigenvalue weighted by Gasteiger charge is -2.02. The highest BCUT2D eigenvalue weighted by Gasteiger charge is 2.14. The van der Waals surface area contributed by atoms with E-state index in [1.807, 2.05) is 0 Å². The van der Waals surface area contributed by atoms with E-state index in [2.05, 4.69) is 0 Å². The number of rotatable bonds is 3. The minimum atomic E-state index is -3.07. The molecule has 0 fully saturated rings. The van der Waals surface area contributed by atoms with Crippen LogP contribution in [0.5, 0.6) is 0 Å². The van der Waals surface area contributed by atoms with E-state index in [1.54, 1.807) is 0 Å². The molecule has 0 aromatic rings. The first-order chi connectivity index (χ1) is 4.33. The zero-order chi connectivity index (χ0) is 8.36. The molecule has 0 aliphatic rings. The molecule has 1 amide bonds. The highest BCUT2D eigenvalue weighted by Crippen LogP contribution is 1.97. The van der Waals surface area contributed by atoms with Crippen molar-refractivity contribution in [2.45, 2.75) is 6.92 Å². The van der Waals surface area contributed by atoms with Crippen LogP contribution in [0.4, 0.5) is 0 Å². The van der Waals surface area contributed by atoms with Gasteiger partial charge in [0.15, 0.2) is 0 Å². The van der Waals surface area contributed by atoms with Crippen LogP contribution in [-0.4, -0.2) is 26.3 Å². The molecule has 0 heterocycles. The van der Waals surface area contributed by atoms with E-state index in [1.165, 1.54) is 6.92 Å². The van der Waals surface area contributed by atoms with Gasteiger partial charge in [-0.25, -0.2) is 8.42 Å². The van der Waals surface area contributed by atoms with E-state index < -0.39 is 21.7 Å². The summed E-state index contributed by atoms with van der Waals surface area (Å²) in [4.78, 5) is 10.3. The van der Waals surface area contributed by atoms with Crippen molar-refractivity contribution < 1.29 is 13.2 Å². The van der Waals surface area contributed by atoms with Crippen LogP contribution in [0.1, 0.15) is 6.92 Å². The molecule has 0 spiro atoms. The summed E-state index contributed by atoms with van der Waals surface area (Å²) in [6.45, 7) is 1.49. The van der Waals surface area contributed by atoms with Gasteiger partial charge in [0.05, 0.1) is 5.75 Å². The van der Waals surface area contributed by atoms with Gasteiger partial charge in [0.25, 0.3) is 0 Å². The summed E-state index contributed by atoms with van der Waals surface area (Å²) >= 11 is 0. The average molecular weight is 165 g/mol. The molecule has 1 atom stereocenters. The fourth-order valence-corrected chi connectivity index (χ4v) is 1.61. The summed E-state index contributed by atoms with van der Waals surface area (Å²) in [5, 5.41) is 0. The fraction of sp³-hybridized carbons (Fsp3) is 0.800. The molecule has 0 aliphatic heterocycles. The standard InChI is InChI=1S/C5H11NO3S/c1-4(5(6)7)3-10(2,8)9/h4H,3H2,1-2H3,(H2,6,7). The molecule has 0 bridgehead atoms. The van der Waals surface area contributed by atoms with Gasteiger partial charge in [0, 0.05) is 12.2 Å². The molecule has 0 aromatic carbocycles. The molecule has 60 valence electrons. The predicted molar refractivity (Wildman–Crippen MR) is 38.1 cm³/mol. The molecule has 0 saturated carbocycles. The Labute approximate surface area is 60.3 Å². The number of nitrogens with two attached hydrogens (primary N) is 1. The molecule has 0 aliphatic carbocycles. The number of amides is 1. The maximum Gasteiger partial charge on any atom is 0.221 e. The average Bonchev–Trinajstić information content (AvgIpc) is 1.60. The quantitative estimate of drug-likeness (QED) is 0.592. The van der Waals surface area contributed by atoms with Gasteiger partial charge in [-0.05, 0) is 0 Å². The third-order valence-electron chi connectivity index (χ3n) is 1.04. The molecule has 1 unspecified atom stereocenters. The van der Waals surface area contributed by atoms with Crippen molar-refractivity contribution in [3.8, 4) is 0 Å². The Kier molecular flexibility index (Phi) is 2.83. The third kappa shape index (κ3) is 4.31. The molecule has 0 rings (SSSR count). The van der Waals surface area contributed by atoms with Gasteiger partial charge in [-0.1, -0.05) is 6.92 Å². The van der Waals surface area contributed by atoms with Crippen molar-refractivity contribution in [3.05, 3.63) is 0 Å². The van der Waals surface area contributed by atoms with E-state index in [-0.39, 0.29) is 5.75 Å². The zero-order valence-corrected chi connectivity index (χ0v) is 6.81. The fourth-order valence-electron chi connectivity index (χ4n) is 0.536. The van der Waals surface area contributed by atoms with Crippen LogP contribution < -0.4 is 5.73 Å². The maximum absolute atomic E-state index is 10.5. The van der Waals surface area contributed by atoms with Gasteiger partial charge >= 0.3 is 0 Å². The maximum atomic E-state index is 10.5. The lowest BCUT2D eigenvalue weighted by molar-refractivity contribution is -0.120. The Hall–Kier alpha value is -0.580. The van der Waals surface area contributed by atoms with Gasteiger partial charge in [-0.3, -0.25) is 4.79 Å². The van der Waals surface area contributed by atoms with Crippen LogP contribution in [0.25, 0.3) is 0 Å². The van der Waals surface area contributed by atoms with E-state index in [0.717, 1.165) is 6.26 Å². The van der Waals surface area contributed by atoms with Crippen molar-refractivity contribution in [1.82, 2.24) is 0 Å². The third-order valence-corrected chi connectivity index (χ3v) is 2.14. The minimum absolute atomic E-state index is 0.164. The first kappa shape index (κ1) is 9.42. The van der Waals surface area contributed by atoms with Crippen LogP contribution in [0.15, 0.2) is 0 Å². The summed E-state index contributed by atoms with van der Waals surface area (Å²) in [6.07, 6.45) is 1.08. The van der Waals surface area contributed by atoms with Crippen molar-refractivity contribution >= 4 is 15.7 Å². The summed E-state index contributed by atoms with van der Waals surface area (Å²) in [5.41, 5.74) is 4.84. The largest absolute Gasteiger partial charge is 0.369 e. The lowest BCUT2D eigenvalue weighted by Crippen LogP contribution is -2.26. The molecular formula is C5H11NO3S. The smallest absolute Gasteiger partial charge is 0.221 e. The van der Waals surface area contributed by atoms with Gasteiger partial charge in [-0.15, -0.1) is 0 Å². The Morgan fingerprint density at radius 2 is 2.00 bits per heavy atom. The highest BCUT2D eigenvalue weighted by atomic mass is 32.2. The normalized spacial score (nSPS) is 14.6. The molecule has 4 nitrogen and oxygen atoms in total. The van der Waals surface area contributed by atoms with Gasteiger partial charge in [0.1, 0.15) is 9.84 Å². The second-order valence-electron chi connectivity index (χ2n) is 2.40. The van der Waals surface area contributed by atoms with Gasteiger partial charge in [-0.2, -0.15) is 0 Å². The molecule has 0 saturated heterocycles. The Morgan fingerprint density at radius 3 is 2.10 bits per heavy atom. The number of hydrogen-bond donors (Lipinski definition) is 1. The molecular weight excluding hydrogens is 154 g/mol. The summed E-state index contributed by atoms with van der Waals surface area (Å²) in [6, 6.07) is 0. The predicted octanol–water partition coefficient (Wildman–Crippen LogP) is -0.848. The van der Waals surface area contributed by atoms with Crippen LogP contribution in [-0.2, 0) is 14.6 Å². The first-order valence-electron chi connectivity index (χ1n) is 2.80. The number of carbonyl (C=O) groups excluding carboxylic acids is 1. The monoisotopic (exact) mass is 165 g/mol. The van der Waals surface area contributed by atoms with E-state index >= 15 is 0 Å². The van der Waals surface area contributed by atoms with Crippen molar-refractivity contribution in [1.29, 1.82) is 0 Å². The number of carbonyl (C=O) groups is 1. The second kappa shape index (κ2) is 3.01. The molecule has 2 N–H and O–H groups in total.